The Morgan fingerprint density at radius 3 is 2.70 bits per heavy atom. The van der Waals surface area contributed by atoms with E-state index in [-0.39, 0.29) is 24.6 Å². The minimum atomic E-state index is -0.781. The van der Waals surface area contributed by atoms with E-state index in [1.807, 2.05) is 66.5 Å². The van der Waals surface area contributed by atoms with E-state index in [4.69, 9.17) is 19.9 Å². The standard InChI is InChI=1S/C27H31N5O5/c1-31-13-14-32(25(33)22-17-29-27(35-2)30-24(22)31)21-11-6-8-19(16-21)18-37-23(12-7-15-36-26(28)34)20-9-4-3-5-10-20/h3-6,8-11,16-17,23H,7,12-15,18H2,1-2H3,(H2,28,34)/t23-/m1/s1. The molecule has 2 aromatic carbocycles. The summed E-state index contributed by atoms with van der Waals surface area (Å²) in [5.41, 5.74) is 8.23. The second-order valence-corrected chi connectivity index (χ2v) is 8.66. The lowest BCUT2D eigenvalue weighted by Gasteiger charge is -2.22. The highest BCUT2D eigenvalue weighted by molar-refractivity contribution is 6.09. The molecule has 1 atom stereocenters. The minimum Gasteiger partial charge on any atom is -0.467 e. The first kappa shape index (κ1) is 25.9. The van der Waals surface area contributed by atoms with Crippen molar-refractivity contribution in [2.75, 3.05) is 43.7 Å². The third-order valence-corrected chi connectivity index (χ3v) is 6.13. The zero-order valence-corrected chi connectivity index (χ0v) is 21.0. The molecular weight excluding hydrogens is 474 g/mol. The Morgan fingerprint density at radius 2 is 1.95 bits per heavy atom. The van der Waals surface area contributed by atoms with Gasteiger partial charge in [0.05, 0.1) is 26.4 Å². The van der Waals surface area contributed by atoms with Gasteiger partial charge < -0.3 is 29.7 Å². The molecule has 37 heavy (non-hydrogen) atoms. The molecule has 0 saturated heterocycles. The summed E-state index contributed by atoms with van der Waals surface area (Å²) in [7, 11) is 3.39. The van der Waals surface area contributed by atoms with Crippen molar-refractivity contribution >= 4 is 23.5 Å². The molecule has 0 radical (unpaired) electrons. The van der Waals surface area contributed by atoms with Gasteiger partial charge in [-0.25, -0.2) is 9.78 Å². The number of carbonyl (C=O) groups excluding carboxylic acids is 2. The number of nitrogens with two attached hydrogens (primary N) is 1. The molecule has 2 amide bonds. The molecule has 0 unspecified atom stereocenters. The van der Waals surface area contributed by atoms with Gasteiger partial charge in [0.2, 0.25) is 0 Å². The van der Waals surface area contributed by atoms with Crippen LogP contribution in [0.25, 0.3) is 0 Å². The first-order chi connectivity index (χ1) is 18.0. The van der Waals surface area contributed by atoms with Crippen LogP contribution in [0.1, 0.15) is 40.4 Å². The number of hydrogen-bond donors (Lipinski definition) is 1. The Morgan fingerprint density at radius 1 is 1.14 bits per heavy atom. The average Bonchev–Trinajstić information content (AvgIpc) is 3.04. The molecule has 194 valence electrons. The average molecular weight is 506 g/mol. The third-order valence-electron chi connectivity index (χ3n) is 6.13. The SMILES string of the molecule is COc1ncc2c(n1)N(C)CCN(c1cccc(CO[C@H](CCCOC(N)=O)c3ccccc3)c1)C2=O. The number of hydrogen-bond acceptors (Lipinski definition) is 8. The largest absolute Gasteiger partial charge is 0.467 e. The molecule has 0 bridgehead atoms. The van der Waals surface area contributed by atoms with Gasteiger partial charge >= 0.3 is 12.1 Å². The minimum absolute atomic E-state index is 0.170. The van der Waals surface area contributed by atoms with E-state index in [0.29, 0.717) is 43.9 Å². The van der Waals surface area contributed by atoms with Gasteiger partial charge in [-0.2, -0.15) is 4.98 Å². The number of primary amides is 1. The maximum absolute atomic E-state index is 13.4. The van der Waals surface area contributed by atoms with Crippen molar-refractivity contribution in [3.05, 3.63) is 77.5 Å². The van der Waals surface area contributed by atoms with Crippen LogP contribution in [-0.4, -0.2) is 55.8 Å². The van der Waals surface area contributed by atoms with Crippen molar-refractivity contribution in [1.82, 2.24) is 9.97 Å². The number of rotatable bonds is 10. The third kappa shape index (κ3) is 6.53. The zero-order chi connectivity index (χ0) is 26.2. The molecule has 4 rings (SSSR count). The number of amides is 2. The number of likely N-dealkylation sites (N-methyl/N-ethyl adjacent to an activating group) is 1. The van der Waals surface area contributed by atoms with E-state index in [9.17, 15) is 9.59 Å². The van der Waals surface area contributed by atoms with Gasteiger partial charge in [-0.15, -0.1) is 0 Å². The predicted octanol–water partition coefficient (Wildman–Crippen LogP) is 3.72. The predicted molar refractivity (Wildman–Crippen MR) is 139 cm³/mol. The van der Waals surface area contributed by atoms with Crippen molar-refractivity contribution < 1.29 is 23.8 Å². The summed E-state index contributed by atoms with van der Waals surface area (Å²) in [5.74, 6) is 0.376. The lowest BCUT2D eigenvalue weighted by atomic mass is 10.0. The molecule has 3 aromatic rings. The number of ether oxygens (including phenoxy) is 3. The fourth-order valence-electron chi connectivity index (χ4n) is 4.21. The monoisotopic (exact) mass is 505 g/mol. The number of methoxy groups -OCH3 is 1. The lowest BCUT2D eigenvalue weighted by Crippen LogP contribution is -2.33. The fraction of sp³-hybridized carbons (Fsp3) is 0.333. The second-order valence-electron chi connectivity index (χ2n) is 8.66. The Balaban J connectivity index is 1.48. The molecule has 0 aliphatic carbocycles. The molecule has 0 spiro atoms. The zero-order valence-electron chi connectivity index (χ0n) is 21.0. The van der Waals surface area contributed by atoms with Crippen molar-refractivity contribution in [1.29, 1.82) is 0 Å². The molecule has 10 heteroatoms. The molecule has 0 fully saturated rings. The van der Waals surface area contributed by atoms with E-state index < -0.39 is 6.09 Å². The number of anilines is 2. The summed E-state index contributed by atoms with van der Waals surface area (Å²) in [6, 6.07) is 17.9. The van der Waals surface area contributed by atoms with E-state index >= 15 is 0 Å². The Bertz CT molecular complexity index is 1220. The molecular formula is C27H31N5O5. The normalized spacial score (nSPS) is 14.1. The summed E-state index contributed by atoms with van der Waals surface area (Å²) >= 11 is 0. The highest BCUT2D eigenvalue weighted by atomic mass is 16.5. The van der Waals surface area contributed by atoms with Crippen molar-refractivity contribution in [2.24, 2.45) is 5.73 Å². The van der Waals surface area contributed by atoms with Crippen molar-refractivity contribution in [2.45, 2.75) is 25.6 Å². The highest BCUT2D eigenvalue weighted by Crippen LogP contribution is 2.28. The first-order valence-electron chi connectivity index (χ1n) is 12.1. The topological polar surface area (TPSA) is 120 Å². The molecule has 1 aliphatic rings. The van der Waals surface area contributed by atoms with Crippen LogP contribution >= 0.6 is 0 Å². The highest BCUT2D eigenvalue weighted by Gasteiger charge is 2.28. The van der Waals surface area contributed by atoms with Gasteiger partial charge in [-0.05, 0) is 36.1 Å². The maximum Gasteiger partial charge on any atom is 0.404 e. The number of fused-ring (bicyclic) bond motifs is 1. The second kappa shape index (κ2) is 12.2. The van der Waals surface area contributed by atoms with Crippen LogP contribution in [0, 0.1) is 0 Å². The Labute approximate surface area is 216 Å². The van der Waals surface area contributed by atoms with Gasteiger partial charge in [-0.1, -0.05) is 42.5 Å². The van der Waals surface area contributed by atoms with Crippen LogP contribution in [0.15, 0.2) is 60.8 Å². The van der Waals surface area contributed by atoms with Gasteiger partial charge in [0.25, 0.3) is 5.91 Å². The Kier molecular flexibility index (Phi) is 8.52. The van der Waals surface area contributed by atoms with Crippen LogP contribution in [0.5, 0.6) is 6.01 Å². The number of benzene rings is 2. The number of aromatic nitrogens is 2. The molecule has 2 N–H and O–H groups in total. The molecule has 0 saturated carbocycles. The van der Waals surface area contributed by atoms with Crippen molar-refractivity contribution in [3.63, 3.8) is 0 Å². The lowest BCUT2D eigenvalue weighted by molar-refractivity contribution is 0.0287. The quantitative estimate of drug-likeness (QED) is 0.414. The van der Waals surface area contributed by atoms with Gasteiger partial charge in [0, 0.05) is 32.0 Å². The Hall–Kier alpha value is -4.18. The van der Waals surface area contributed by atoms with E-state index in [2.05, 4.69) is 9.97 Å². The van der Waals surface area contributed by atoms with E-state index in [0.717, 1.165) is 16.8 Å². The summed E-state index contributed by atoms with van der Waals surface area (Å²) in [4.78, 5) is 36.5. The van der Waals surface area contributed by atoms with Gasteiger partial charge in [-0.3, -0.25) is 4.79 Å². The molecule has 1 aromatic heterocycles. The summed E-state index contributed by atoms with van der Waals surface area (Å²) in [5, 5.41) is 0. The summed E-state index contributed by atoms with van der Waals surface area (Å²) in [6.07, 6.45) is 1.82. The summed E-state index contributed by atoms with van der Waals surface area (Å²) < 4.78 is 16.3. The first-order valence-corrected chi connectivity index (χ1v) is 12.1. The number of nitrogens with zero attached hydrogens (tertiary/aromatic N) is 4. The maximum atomic E-state index is 13.4. The van der Waals surface area contributed by atoms with E-state index in [1.165, 1.54) is 13.3 Å². The van der Waals surface area contributed by atoms with Gasteiger partial charge in [0.1, 0.15) is 11.4 Å². The summed E-state index contributed by atoms with van der Waals surface area (Å²) in [6.45, 7) is 1.68. The van der Waals surface area contributed by atoms with Crippen molar-refractivity contribution in [3.8, 4) is 6.01 Å². The van der Waals surface area contributed by atoms with Crippen LogP contribution in [0.4, 0.5) is 16.3 Å². The molecule has 10 nitrogen and oxygen atoms in total. The van der Waals surface area contributed by atoms with Crippen LogP contribution < -0.4 is 20.3 Å². The van der Waals surface area contributed by atoms with Gasteiger partial charge in [0.15, 0.2) is 0 Å². The smallest absolute Gasteiger partial charge is 0.404 e. The van der Waals surface area contributed by atoms with Crippen LogP contribution in [-0.2, 0) is 16.1 Å². The molecule has 2 heterocycles. The van der Waals surface area contributed by atoms with Crippen LogP contribution in [0.3, 0.4) is 0 Å². The van der Waals surface area contributed by atoms with Crippen LogP contribution in [0.2, 0.25) is 0 Å². The molecule has 1 aliphatic heterocycles. The number of carbonyl (C=O) groups is 2. The van der Waals surface area contributed by atoms with E-state index in [1.54, 1.807) is 4.90 Å². The fourth-order valence-corrected chi connectivity index (χ4v) is 4.21.